The number of nitrogens with zero attached hydrogens (tertiary/aromatic N) is 1. The van der Waals surface area contributed by atoms with Crippen molar-refractivity contribution < 1.29 is 19.6 Å². The van der Waals surface area contributed by atoms with Crippen LogP contribution in [0.2, 0.25) is 0 Å². The Morgan fingerprint density at radius 3 is 2.50 bits per heavy atom. The molecule has 1 saturated heterocycles. The molecule has 1 aliphatic heterocycles. The molecule has 1 aromatic heterocycles. The van der Waals surface area contributed by atoms with Gasteiger partial charge in [-0.1, -0.05) is 36.4 Å². The molecule has 136 valence electrons. The molecule has 3 rings (SSSR count). The first kappa shape index (κ1) is 18.4. The van der Waals surface area contributed by atoms with Gasteiger partial charge >= 0.3 is 0 Å². The topological polar surface area (TPSA) is 62.0 Å². The van der Waals surface area contributed by atoms with Crippen molar-refractivity contribution in [2.24, 2.45) is 0 Å². The number of likely N-dealkylation sites (tertiary alicyclic amines) is 1. The second kappa shape index (κ2) is 7.85. The van der Waals surface area contributed by atoms with Crippen LogP contribution < -0.4 is 4.90 Å². The smallest absolute Gasteiger partial charge is 0.295 e. The van der Waals surface area contributed by atoms with E-state index in [-0.39, 0.29) is 11.3 Å². The number of ketones is 1. The number of quaternary nitrogens is 1. The van der Waals surface area contributed by atoms with Crippen molar-refractivity contribution in [3.05, 3.63) is 63.9 Å². The number of aliphatic hydroxyl groups excluding tert-OH is 1. The third kappa shape index (κ3) is 3.57. The number of benzene rings is 1. The zero-order chi connectivity index (χ0) is 18.7. The molecule has 0 unspecified atom stereocenters. The van der Waals surface area contributed by atoms with Crippen LogP contribution in [0.1, 0.15) is 22.9 Å². The van der Waals surface area contributed by atoms with E-state index in [1.54, 1.807) is 29.2 Å². The number of Topliss-reactive ketones (excluding diaryl/α,β-unsaturated/α-hetero) is 1. The van der Waals surface area contributed by atoms with Crippen molar-refractivity contribution >= 4 is 28.8 Å². The van der Waals surface area contributed by atoms with Gasteiger partial charge in [-0.25, -0.2) is 0 Å². The molecule has 1 aromatic carbocycles. The van der Waals surface area contributed by atoms with Crippen molar-refractivity contribution in [3.63, 3.8) is 0 Å². The van der Waals surface area contributed by atoms with E-state index in [4.69, 9.17) is 0 Å². The minimum atomic E-state index is -0.609. The number of thiophene rings is 1. The van der Waals surface area contributed by atoms with Crippen LogP contribution in [-0.2, 0) is 9.59 Å². The van der Waals surface area contributed by atoms with E-state index in [1.165, 1.54) is 16.2 Å². The SMILES string of the molecule is C[NH+](C)CCCN1C(=O)C(=O)C(=C(O)c2ccccc2)[C@@H]1c1cccs1. The van der Waals surface area contributed by atoms with Gasteiger partial charge in [-0.2, -0.15) is 0 Å². The molecule has 26 heavy (non-hydrogen) atoms. The van der Waals surface area contributed by atoms with E-state index in [1.807, 2.05) is 23.6 Å². The molecule has 6 heteroatoms. The van der Waals surface area contributed by atoms with E-state index in [2.05, 4.69) is 14.1 Å². The number of carbonyl (C=O) groups is 2. The van der Waals surface area contributed by atoms with Gasteiger partial charge in [-0.15, -0.1) is 11.3 Å². The number of carbonyl (C=O) groups excluding carboxylic acids is 2. The van der Waals surface area contributed by atoms with Gasteiger partial charge in [0.05, 0.1) is 32.3 Å². The number of hydrogen-bond acceptors (Lipinski definition) is 4. The van der Waals surface area contributed by atoms with Crippen LogP contribution in [0.15, 0.2) is 53.4 Å². The van der Waals surface area contributed by atoms with Gasteiger partial charge in [0.1, 0.15) is 5.76 Å². The van der Waals surface area contributed by atoms with Crippen molar-refractivity contribution in [1.29, 1.82) is 0 Å². The van der Waals surface area contributed by atoms with Crippen LogP contribution in [0.3, 0.4) is 0 Å². The molecule has 2 aromatic rings. The summed E-state index contributed by atoms with van der Waals surface area (Å²) in [5.41, 5.74) is 0.727. The van der Waals surface area contributed by atoms with Crippen LogP contribution in [0, 0.1) is 0 Å². The summed E-state index contributed by atoms with van der Waals surface area (Å²) in [7, 11) is 4.11. The highest BCUT2D eigenvalue weighted by atomic mass is 32.1. The monoisotopic (exact) mass is 371 g/mol. The second-order valence-electron chi connectivity index (χ2n) is 6.68. The summed E-state index contributed by atoms with van der Waals surface area (Å²) in [5, 5.41) is 12.7. The predicted octanol–water partition coefficient (Wildman–Crippen LogP) is 1.70. The van der Waals surface area contributed by atoms with Crippen LogP contribution in [-0.4, -0.2) is 48.9 Å². The van der Waals surface area contributed by atoms with Gasteiger partial charge in [0.15, 0.2) is 0 Å². The molecular weight excluding hydrogens is 348 g/mol. The average molecular weight is 371 g/mol. The number of amides is 1. The van der Waals surface area contributed by atoms with Gasteiger partial charge in [0.2, 0.25) is 0 Å². The summed E-state index contributed by atoms with van der Waals surface area (Å²) >= 11 is 1.49. The lowest BCUT2D eigenvalue weighted by Gasteiger charge is -2.24. The molecule has 5 nitrogen and oxygen atoms in total. The van der Waals surface area contributed by atoms with Crippen molar-refractivity contribution in [2.75, 3.05) is 27.2 Å². The molecule has 1 aliphatic rings. The maximum Gasteiger partial charge on any atom is 0.295 e. The van der Waals surface area contributed by atoms with Gasteiger partial charge in [0.25, 0.3) is 11.7 Å². The normalized spacial score (nSPS) is 19.5. The molecule has 0 aliphatic carbocycles. The summed E-state index contributed by atoms with van der Waals surface area (Å²) < 4.78 is 0. The van der Waals surface area contributed by atoms with Gasteiger partial charge in [0, 0.05) is 23.4 Å². The Hall–Kier alpha value is -2.44. The van der Waals surface area contributed by atoms with E-state index < -0.39 is 17.7 Å². The molecular formula is C20H23N2O3S+. The molecule has 2 N–H and O–H groups in total. The van der Waals surface area contributed by atoms with E-state index in [0.717, 1.165) is 17.8 Å². The molecule has 0 bridgehead atoms. The lowest BCUT2D eigenvalue weighted by Crippen LogP contribution is -3.05. The molecule has 1 amide bonds. The van der Waals surface area contributed by atoms with Crippen LogP contribution in [0.5, 0.6) is 0 Å². The summed E-state index contributed by atoms with van der Waals surface area (Å²) in [6.45, 7) is 1.39. The Morgan fingerprint density at radius 1 is 1.15 bits per heavy atom. The Labute approximate surface area is 157 Å². The minimum absolute atomic E-state index is 0.108. The lowest BCUT2D eigenvalue weighted by atomic mass is 10.00. The van der Waals surface area contributed by atoms with Gasteiger partial charge in [-0.3, -0.25) is 9.59 Å². The zero-order valence-electron chi connectivity index (χ0n) is 14.9. The number of hydrogen-bond donors (Lipinski definition) is 2. The van der Waals surface area contributed by atoms with Crippen LogP contribution in [0.25, 0.3) is 5.76 Å². The fraction of sp³-hybridized carbons (Fsp3) is 0.300. The quantitative estimate of drug-likeness (QED) is 0.462. The highest BCUT2D eigenvalue weighted by Crippen LogP contribution is 2.40. The fourth-order valence-electron chi connectivity index (χ4n) is 3.21. The Morgan fingerprint density at radius 2 is 1.88 bits per heavy atom. The highest BCUT2D eigenvalue weighted by Gasteiger charge is 2.46. The van der Waals surface area contributed by atoms with E-state index >= 15 is 0 Å². The molecule has 0 spiro atoms. The Balaban J connectivity index is 2.02. The largest absolute Gasteiger partial charge is 0.507 e. The summed E-state index contributed by atoms with van der Waals surface area (Å²) in [5.74, 6) is -1.25. The molecule has 0 saturated carbocycles. The summed E-state index contributed by atoms with van der Waals surface area (Å²) in [4.78, 5) is 29.2. The van der Waals surface area contributed by atoms with Crippen LogP contribution in [0.4, 0.5) is 0 Å². The Bertz CT molecular complexity index is 813. The first-order valence-electron chi connectivity index (χ1n) is 8.67. The van der Waals surface area contributed by atoms with Crippen molar-refractivity contribution in [1.82, 2.24) is 4.90 Å². The highest BCUT2D eigenvalue weighted by molar-refractivity contribution is 7.10. The predicted molar refractivity (Wildman–Crippen MR) is 102 cm³/mol. The first-order valence-corrected chi connectivity index (χ1v) is 9.55. The fourth-order valence-corrected chi connectivity index (χ4v) is 4.05. The molecule has 1 atom stereocenters. The molecule has 1 fully saturated rings. The maximum absolute atomic E-state index is 12.7. The third-order valence-corrected chi connectivity index (χ3v) is 5.40. The standard InChI is InChI=1S/C20H22N2O3S/c1-21(2)11-7-12-22-17(15-10-6-13-26-15)16(19(24)20(22)25)18(23)14-8-4-3-5-9-14/h3-6,8-10,13,17,23H,7,11-12H2,1-2H3/p+1/t17-/m0/s1. The van der Waals surface area contributed by atoms with Crippen LogP contribution >= 0.6 is 11.3 Å². The first-order chi connectivity index (χ1) is 12.5. The van der Waals surface area contributed by atoms with Gasteiger partial charge in [-0.05, 0) is 11.4 Å². The minimum Gasteiger partial charge on any atom is -0.507 e. The van der Waals surface area contributed by atoms with Crippen molar-refractivity contribution in [2.45, 2.75) is 12.5 Å². The second-order valence-corrected chi connectivity index (χ2v) is 7.66. The Kier molecular flexibility index (Phi) is 5.54. The van der Waals surface area contributed by atoms with E-state index in [0.29, 0.717) is 12.1 Å². The number of rotatable bonds is 6. The average Bonchev–Trinajstić information content (AvgIpc) is 3.24. The number of aliphatic hydroxyl groups is 1. The number of nitrogens with one attached hydrogen (secondary N) is 1. The lowest BCUT2D eigenvalue weighted by molar-refractivity contribution is -0.858. The summed E-state index contributed by atoms with van der Waals surface area (Å²) in [6.07, 6.45) is 0.794. The van der Waals surface area contributed by atoms with Crippen molar-refractivity contribution in [3.8, 4) is 0 Å². The third-order valence-electron chi connectivity index (χ3n) is 4.48. The molecule has 0 radical (unpaired) electrons. The maximum atomic E-state index is 12.7. The van der Waals surface area contributed by atoms with Gasteiger partial charge < -0.3 is 14.9 Å². The zero-order valence-corrected chi connectivity index (χ0v) is 15.8. The summed E-state index contributed by atoms with van der Waals surface area (Å²) in [6, 6.07) is 12.2. The van der Waals surface area contributed by atoms with E-state index in [9.17, 15) is 14.7 Å². The molecule has 2 heterocycles.